The van der Waals surface area contributed by atoms with E-state index in [1.807, 2.05) is 0 Å². The van der Waals surface area contributed by atoms with Crippen LogP contribution in [0.2, 0.25) is 0 Å². The highest BCUT2D eigenvalue weighted by molar-refractivity contribution is 5.69. The fourth-order valence-electron chi connectivity index (χ4n) is 1.88. The quantitative estimate of drug-likeness (QED) is 0.709. The van der Waals surface area contributed by atoms with Gasteiger partial charge in [0.2, 0.25) is 0 Å². The smallest absolute Gasteiger partial charge is 0.307 e. The lowest BCUT2D eigenvalue weighted by Crippen LogP contribution is -2.38. The molecule has 0 radical (unpaired) electrons. The standard InChI is InChI=1S/C12H25NO2/c1-6-13(8-10(4)12(14)15)11(5)7-9(2)3/h9-11H,6-8H2,1-5H3,(H,14,15). The van der Waals surface area contributed by atoms with Crippen molar-refractivity contribution in [3.63, 3.8) is 0 Å². The van der Waals surface area contributed by atoms with Crippen LogP contribution in [0, 0.1) is 11.8 Å². The Kier molecular flexibility index (Phi) is 6.57. The topological polar surface area (TPSA) is 40.5 Å². The van der Waals surface area contributed by atoms with E-state index >= 15 is 0 Å². The van der Waals surface area contributed by atoms with Gasteiger partial charge in [-0.3, -0.25) is 4.79 Å². The summed E-state index contributed by atoms with van der Waals surface area (Å²) >= 11 is 0. The van der Waals surface area contributed by atoms with Crippen molar-refractivity contribution in [1.29, 1.82) is 0 Å². The Balaban J connectivity index is 4.17. The second-order valence-electron chi connectivity index (χ2n) is 4.81. The normalized spacial score (nSPS) is 15.7. The van der Waals surface area contributed by atoms with Crippen LogP contribution >= 0.6 is 0 Å². The van der Waals surface area contributed by atoms with Crippen LogP contribution in [-0.4, -0.2) is 35.1 Å². The number of carbonyl (C=O) groups is 1. The number of aliphatic carboxylic acids is 1. The van der Waals surface area contributed by atoms with E-state index < -0.39 is 5.97 Å². The van der Waals surface area contributed by atoms with Gasteiger partial charge in [0, 0.05) is 12.6 Å². The van der Waals surface area contributed by atoms with Gasteiger partial charge in [0.15, 0.2) is 0 Å². The molecule has 0 fully saturated rings. The van der Waals surface area contributed by atoms with Crippen molar-refractivity contribution < 1.29 is 9.90 Å². The van der Waals surface area contributed by atoms with E-state index in [1.54, 1.807) is 6.92 Å². The number of hydrogen-bond acceptors (Lipinski definition) is 2. The summed E-state index contributed by atoms with van der Waals surface area (Å²) in [6.45, 7) is 12.0. The van der Waals surface area contributed by atoms with E-state index in [9.17, 15) is 4.79 Å². The van der Waals surface area contributed by atoms with Crippen molar-refractivity contribution in [2.24, 2.45) is 11.8 Å². The van der Waals surface area contributed by atoms with E-state index in [4.69, 9.17) is 5.11 Å². The van der Waals surface area contributed by atoms with Gasteiger partial charge in [0.05, 0.1) is 5.92 Å². The summed E-state index contributed by atoms with van der Waals surface area (Å²) in [6.07, 6.45) is 1.13. The molecule has 3 nitrogen and oxygen atoms in total. The number of carboxylic acid groups (broad SMARTS) is 1. The molecule has 0 saturated carbocycles. The average Bonchev–Trinajstić information content (AvgIpc) is 2.11. The van der Waals surface area contributed by atoms with Crippen LogP contribution in [0.4, 0.5) is 0 Å². The highest BCUT2D eigenvalue weighted by atomic mass is 16.4. The molecule has 0 heterocycles. The fraction of sp³-hybridized carbons (Fsp3) is 0.917. The molecular weight excluding hydrogens is 190 g/mol. The van der Waals surface area contributed by atoms with Gasteiger partial charge >= 0.3 is 5.97 Å². The van der Waals surface area contributed by atoms with Gasteiger partial charge in [-0.05, 0) is 25.8 Å². The monoisotopic (exact) mass is 215 g/mol. The van der Waals surface area contributed by atoms with Crippen LogP contribution in [0.15, 0.2) is 0 Å². The predicted octanol–water partition coefficient (Wildman–Crippen LogP) is 2.46. The van der Waals surface area contributed by atoms with Gasteiger partial charge in [-0.2, -0.15) is 0 Å². The molecule has 0 amide bonds. The molecule has 0 aliphatic carbocycles. The van der Waals surface area contributed by atoms with Crippen molar-refractivity contribution in [1.82, 2.24) is 4.90 Å². The molecule has 0 aromatic heterocycles. The molecule has 0 aliphatic heterocycles. The Morgan fingerprint density at radius 2 is 1.80 bits per heavy atom. The summed E-state index contributed by atoms with van der Waals surface area (Å²) in [7, 11) is 0. The Morgan fingerprint density at radius 3 is 2.13 bits per heavy atom. The molecule has 3 heteroatoms. The summed E-state index contributed by atoms with van der Waals surface area (Å²) in [5, 5.41) is 8.86. The Hall–Kier alpha value is -0.570. The summed E-state index contributed by atoms with van der Waals surface area (Å²) in [6, 6.07) is 0.469. The Labute approximate surface area is 93.5 Å². The van der Waals surface area contributed by atoms with Crippen LogP contribution in [0.3, 0.4) is 0 Å². The Bertz CT molecular complexity index is 192. The second kappa shape index (κ2) is 6.83. The summed E-state index contributed by atoms with van der Waals surface area (Å²) in [5.41, 5.74) is 0. The Morgan fingerprint density at radius 1 is 1.27 bits per heavy atom. The maximum Gasteiger partial charge on any atom is 0.307 e. The van der Waals surface area contributed by atoms with Crippen LogP contribution in [0.25, 0.3) is 0 Å². The van der Waals surface area contributed by atoms with Gasteiger partial charge in [0.25, 0.3) is 0 Å². The molecule has 0 saturated heterocycles. The van der Waals surface area contributed by atoms with Crippen LogP contribution < -0.4 is 0 Å². The molecule has 0 bridgehead atoms. The van der Waals surface area contributed by atoms with Gasteiger partial charge in [-0.1, -0.05) is 27.7 Å². The van der Waals surface area contributed by atoms with E-state index in [1.165, 1.54) is 0 Å². The maximum atomic E-state index is 10.8. The van der Waals surface area contributed by atoms with Crippen molar-refractivity contribution in [2.75, 3.05) is 13.1 Å². The summed E-state index contributed by atoms with van der Waals surface area (Å²) < 4.78 is 0. The first kappa shape index (κ1) is 14.4. The highest BCUT2D eigenvalue weighted by Crippen LogP contribution is 2.12. The second-order valence-corrected chi connectivity index (χ2v) is 4.81. The van der Waals surface area contributed by atoms with E-state index in [2.05, 4.69) is 32.6 Å². The molecule has 90 valence electrons. The number of nitrogens with zero attached hydrogens (tertiary/aromatic N) is 1. The first-order valence-corrected chi connectivity index (χ1v) is 5.85. The van der Waals surface area contributed by atoms with Crippen LogP contribution in [0.1, 0.15) is 41.0 Å². The lowest BCUT2D eigenvalue weighted by molar-refractivity contribution is -0.141. The third-order valence-corrected chi connectivity index (χ3v) is 2.77. The zero-order chi connectivity index (χ0) is 12.0. The molecule has 15 heavy (non-hydrogen) atoms. The van der Waals surface area contributed by atoms with Crippen LogP contribution in [0.5, 0.6) is 0 Å². The first-order valence-electron chi connectivity index (χ1n) is 5.85. The van der Waals surface area contributed by atoms with Crippen LogP contribution in [-0.2, 0) is 4.79 Å². The minimum absolute atomic E-state index is 0.278. The fourth-order valence-corrected chi connectivity index (χ4v) is 1.88. The summed E-state index contributed by atoms with van der Waals surface area (Å²) in [5.74, 6) is -0.320. The molecule has 0 aromatic rings. The molecule has 0 rings (SSSR count). The lowest BCUT2D eigenvalue weighted by atomic mass is 10.0. The average molecular weight is 215 g/mol. The van der Waals surface area contributed by atoms with Gasteiger partial charge in [0.1, 0.15) is 0 Å². The zero-order valence-electron chi connectivity index (χ0n) is 10.7. The largest absolute Gasteiger partial charge is 0.481 e. The third kappa shape index (κ3) is 5.78. The molecule has 0 aromatic carbocycles. The number of hydrogen-bond donors (Lipinski definition) is 1. The summed E-state index contributed by atoms with van der Waals surface area (Å²) in [4.78, 5) is 13.0. The van der Waals surface area contributed by atoms with Gasteiger partial charge in [-0.25, -0.2) is 0 Å². The molecule has 0 aliphatic rings. The van der Waals surface area contributed by atoms with Crippen molar-refractivity contribution in [3.8, 4) is 0 Å². The molecule has 2 unspecified atom stereocenters. The maximum absolute atomic E-state index is 10.8. The van der Waals surface area contributed by atoms with E-state index in [0.717, 1.165) is 13.0 Å². The van der Waals surface area contributed by atoms with Crippen molar-refractivity contribution in [3.05, 3.63) is 0 Å². The predicted molar refractivity (Wildman–Crippen MR) is 63.0 cm³/mol. The molecule has 2 atom stereocenters. The van der Waals surface area contributed by atoms with Gasteiger partial charge in [-0.15, -0.1) is 0 Å². The SMILES string of the molecule is CCN(CC(C)C(=O)O)C(C)CC(C)C. The third-order valence-electron chi connectivity index (χ3n) is 2.77. The molecule has 1 N–H and O–H groups in total. The van der Waals surface area contributed by atoms with E-state index in [-0.39, 0.29) is 5.92 Å². The van der Waals surface area contributed by atoms with Crippen molar-refractivity contribution in [2.45, 2.75) is 47.1 Å². The highest BCUT2D eigenvalue weighted by Gasteiger charge is 2.19. The first-order chi connectivity index (χ1) is 6.88. The minimum Gasteiger partial charge on any atom is -0.481 e. The lowest BCUT2D eigenvalue weighted by Gasteiger charge is -2.30. The zero-order valence-corrected chi connectivity index (χ0v) is 10.7. The number of rotatable bonds is 7. The molecule has 0 spiro atoms. The number of carboxylic acids is 1. The van der Waals surface area contributed by atoms with Crippen molar-refractivity contribution >= 4 is 5.97 Å². The molecular formula is C12H25NO2. The van der Waals surface area contributed by atoms with E-state index in [0.29, 0.717) is 18.5 Å². The minimum atomic E-state index is -0.704. The van der Waals surface area contributed by atoms with Gasteiger partial charge < -0.3 is 10.0 Å².